The van der Waals surface area contributed by atoms with E-state index in [1.807, 2.05) is 11.8 Å². The average Bonchev–Trinajstić information content (AvgIpc) is 3.90. The molecule has 14 nitrogen and oxygen atoms in total. The van der Waals surface area contributed by atoms with Crippen LogP contribution >= 0.6 is 0 Å². The van der Waals surface area contributed by atoms with Crippen molar-refractivity contribution >= 4 is 29.8 Å². The first-order valence-electron chi connectivity index (χ1n) is 19.3. The van der Waals surface area contributed by atoms with Crippen LogP contribution in [0.15, 0.2) is 0 Å². The van der Waals surface area contributed by atoms with Gasteiger partial charge in [0.1, 0.15) is 5.78 Å². The molecule has 0 aromatic heterocycles. The van der Waals surface area contributed by atoms with Gasteiger partial charge in [-0.2, -0.15) is 0 Å². The van der Waals surface area contributed by atoms with E-state index in [1.165, 1.54) is 12.8 Å². The van der Waals surface area contributed by atoms with E-state index in [0.717, 1.165) is 117 Å². The molecule has 0 aromatic rings. The molecule has 0 bridgehead atoms. The Balaban J connectivity index is 0.000000158. The fraction of sp³-hybridized carbons (Fsp3) is 0.865. The first-order valence-corrected chi connectivity index (χ1v) is 19.3. The predicted octanol–water partition coefficient (Wildman–Crippen LogP) is 2.28. The predicted molar refractivity (Wildman–Crippen MR) is 190 cm³/mol. The molecule has 4 spiro atoms. The van der Waals surface area contributed by atoms with Crippen LogP contribution in [-0.4, -0.2) is 141 Å². The van der Waals surface area contributed by atoms with Crippen molar-refractivity contribution in [2.75, 3.05) is 85.8 Å². The van der Waals surface area contributed by atoms with Crippen LogP contribution in [0.4, 0.5) is 9.59 Å². The Kier molecular flexibility index (Phi) is 12.9. The number of carbonyl (C=O) groups excluding carboxylic acids is 5. The van der Waals surface area contributed by atoms with Crippen molar-refractivity contribution in [2.24, 2.45) is 21.7 Å². The molecule has 51 heavy (non-hydrogen) atoms. The number of carbonyl (C=O) groups is 5. The van der Waals surface area contributed by atoms with Gasteiger partial charge in [0, 0.05) is 83.5 Å². The molecule has 6 aliphatic heterocycles. The van der Waals surface area contributed by atoms with Gasteiger partial charge in [0.15, 0.2) is 0 Å². The zero-order chi connectivity index (χ0) is 36.7. The molecular weight excluding hydrogens is 656 g/mol. The lowest BCUT2D eigenvalue weighted by Crippen LogP contribution is -2.55. The number of piperidine rings is 2. The summed E-state index contributed by atoms with van der Waals surface area (Å²) in [5, 5.41) is 16.2. The molecule has 0 unspecified atom stereocenters. The lowest BCUT2D eigenvalue weighted by atomic mass is 9.63. The summed E-state index contributed by atoms with van der Waals surface area (Å²) in [6.45, 7) is 13.9. The molecule has 288 valence electrons. The van der Waals surface area contributed by atoms with Crippen LogP contribution in [0, 0.1) is 21.7 Å². The van der Waals surface area contributed by atoms with Crippen molar-refractivity contribution in [3.8, 4) is 0 Å². The Morgan fingerprint density at radius 1 is 0.667 bits per heavy atom. The SMILES string of the molecule is CCOC(=O)N1CCC2(CC(=O)C2)C1.CCOC(=O)N1CCC2(CC(N3CCC4(CC3)CNC(=O)C4)C2)C1.CO.O=C1CC2(CCNCC2)CN1. The summed E-state index contributed by atoms with van der Waals surface area (Å²) in [4.78, 5) is 62.9. The van der Waals surface area contributed by atoms with Gasteiger partial charge in [0.25, 0.3) is 0 Å². The minimum absolute atomic E-state index is 0.115. The number of aliphatic hydroxyl groups excluding tert-OH is 1. The summed E-state index contributed by atoms with van der Waals surface area (Å²) >= 11 is 0. The lowest BCUT2D eigenvalue weighted by Gasteiger charge is -2.52. The van der Waals surface area contributed by atoms with E-state index in [4.69, 9.17) is 14.6 Å². The molecule has 6 saturated heterocycles. The van der Waals surface area contributed by atoms with Crippen molar-refractivity contribution in [3.05, 3.63) is 0 Å². The van der Waals surface area contributed by atoms with Gasteiger partial charge in [0.2, 0.25) is 11.8 Å². The topological polar surface area (TPSA) is 170 Å². The number of amides is 4. The van der Waals surface area contributed by atoms with E-state index in [9.17, 15) is 24.0 Å². The van der Waals surface area contributed by atoms with Crippen molar-refractivity contribution in [1.82, 2.24) is 30.7 Å². The van der Waals surface area contributed by atoms with Gasteiger partial charge in [-0.15, -0.1) is 0 Å². The number of hydrogen-bond donors (Lipinski definition) is 4. The fourth-order valence-electron chi connectivity index (χ4n) is 9.75. The Morgan fingerprint density at radius 3 is 1.57 bits per heavy atom. The van der Waals surface area contributed by atoms with Gasteiger partial charge in [-0.25, -0.2) is 9.59 Å². The Hall–Kier alpha value is -2.97. The smallest absolute Gasteiger partial charge is 0.409 e. The lowest BCUT2D eigenvalue weighted by molar-refractivity contribution is -0.132. The largest absolute Gasteiger partial charge is 0.450 e. The highest BCUT2D eigenvalue weighted by atomic mass is 16.6. The minimum atomic E-state index is -0.233. The Morgan fingerprint density at radius 2 is 1.12 bits per heavy atom. The quantitative estimate of drug-likeness (QED) is 0.340. The number of aliphatic hydroxyl groups is 1. The summed E-state index contributed by atoms with van der Waals surface area (Å²) in [6, 6.07) is 0.676. The van der Waals surface area contributed by atoms with Crippen LogP contribution in [0.3, 0.4) is 0 Å². The number of hydrogen-bond acceptors (Lipinski definition) is 10. The molecule has 0 atom stereocenters. The molecule has 14 heteroatoms. The highest BCUT2D eigenvalue weighted by molar-refractivity contribution is 5.86. The van der Waals surface area contributed by atoms with Gasteiger partial charge in [-0.3, -0.25) is 14.4 Å². The minimum Gasteiger partial charge on any atom is -0.450 e. The van der Waals surface area contributed by atoms with E-state index in [1.54, 1.807) is 11.8 Å². The van der Waals surface area contributed by atoms with Crippen LogP contribution in [0.25, 0.3) is 0 Å². The third kappa shape index (κ3) is 9.34. The molecular formula is C37H62N6O8. The molecule has 8 aliphatic rings. The van der Waals surface area contributed by atoms with Gasteiger partial charge >= 0.3 is 12.2 Å². The third-order valence-corrected chi connectivity index (χ3v) is 12.8. The van der Waals surface area contributed by atoms with Gasteiger partial charge in [-0.05, 0) is 108 Å². The Labute approximate surface area is 303 Å². The van der Waals surface area contributed by atoms with Crippen LogP contribution < -0.4 is 16.0 Å². The van der Waals surface area contributed by atoms with Gasteiger partial charge in [-0.1, -0.05) is 0 Å². The summed E-state index contributed by atoms with van der Waals surface area (Å²) < 4.78 is 10.1. The number of rotatable bonds is 3. The van der Waals surface area contributed by atoms with Crippen LogP contribution in [0.2, 0.25) is 0 Å². The van der Waals surface area contributed by atoms with E-state index < -0.39 is 0 Å². The third-order valence-electron chi connectivity index (χ3n) is 12.8. The van der Waals surface area contributed by atoms with Crippen LogP contribution in [0.5, 0.6) is 0 Å². The molecule has 0 aromatic carbocycles. The Bertz CT molecular complexity index is 1250. The first kappa shape index (κ1) is 39.2. The maximum absolute atomic E-state index is 11.9. The monoisotopic (exact) mass is 718 g/mol. The van der Waals surface area contributed by atoms with Crippen LogP contribution in [0.1, 0.15) is 90.9 Å². The van der Waals surface area contributed by atoms with Crippen molar-refractivity contribution in [3.63, 3.8) is 0 Å². The van der Waals surface area contributed by atoms with Crippen molar-refractivity contribution < 1.29 is 38.6 Å². The maximum atomic E-state index is 11.9. The number of Topliss-reactive ketones (excluding diaryl/α,β-unsaturated/α-hetero) is 1. The maximum Gasteiger partial charge on any atom is 0.409 e. The molecule has 6 heterocycles. The highest BCUT2D eigenvalue weighted by Gasteiger charge is 2.53. The van der Waals surface area contributed by atoms with E-state index in [-0.39, 0.29) is 34.8 Å². The van der Waals surface area contributed by atoms with Crippen molar-refractivity contribution in [1.29, 1.82) is 0 Å². The molecule has 0 radical (unpaired) electrons. The number of likely N-dealkylation sites (tertiary alicyclic amines) is 3. The molecule has 8 rings (SSSR count). The molecule has 2 saturated carbocycles. The number of ketones is 1. The summed E-state index contributed by atoms with van der Waals surface area (Å²) in [5.74, 6) is 0.804. The summed E-state index contributed by atoms with van der Waals surface area (Å²) in [7, 11) is 1.00. The number of nitrogens with one attached hydrogen (secondary N) is 3. The fourth-order valence-corrected chi connectivity index (χ4v) is 9.75. The van der Waals surface area contributed by atoms with Gasteiger partial charge < -0.3 is 45.2 Å². The molecule has 2 aliphatic carbocycles. The number of nitrogens with zero attached hydrogens (tertiary/aromatic N) is 3. The van der Waals surface area contributed by atoms with E-state index >= 15 is 0 Å². The van der Waals surface area contributed by atoms with Crippen molar-refractivity contribution in [2.45, 2.75) is 96.9 Å². The van der Waals surface area contributed by atoms with Crippen LogP contribution in [-0.2, 0) is 23.9 Å². The van der Waals surface area contributed by atoms with E-state index in [0.29, 0.717) is 55.3 Å². The molecule has 8 fully saturated rings. The molecule has 4 N–H and O–H groups in total. The second kappa shape index (κ2) is 16.8. The van der Waals surface area contributed by atoms with E-state index in [2.05, 4.69) is 20.9 Å². The second-order valence-corrected chi connectivity index (χ2v) is 16.4. The second-order valence-electron chi connectivity index (χ2n) is 16.4. The summed E-state index contributed by atoms with van der Waals surface area (Å²) in [6.07, 6.45) is 11.5. The van der Waals surface area contributed by atoms with Gasteiger partial charge in [0.05, 0.1) is 13.2 Å². The highest BCUT2D eigenvalue weighted by Crippen LogP contribution is 2.51. The number of ether oxygens (including phenoxy) is 2. The average molecular weight is 719 g/mol. The first-order chi connectivity index (χ1) is 24.5. The standard InChI is InChI=1S/C18H29N3O3.C10H15NO3.C8H14N2O.CH4O/c1-2-24-16(23)21-8-5-18(13-21)9-14(10-18)20-6-3-17(4-7-20)11-15(22)19-12-17;1-2-14-9(13)11-4-3-10(7-11)5-8(12)6-10;11-7-5-8(6-10-7)1-3-9-4-2-8;1-2/h14H,2-13H2,1H3,(H,19,22);2-7H2,1H3;9H,1-6H2,(H,10,11);2H,1H3. The zero-order valence-electron chi connectivity index (χ0n) is 31.2. The summed E-state index contributed by atoms with van der Waals surface area (Å²) in [5.41, 5.74) is 1.02. The molecule has 4 amide bonds. The zero-order valence-corrected chi connectivity index (χ0v) is 31.2. The normalized spacial score (nSPS) is 29.5.